The van der Waals surface area contributed by atoms with Gasteiger partial charge in [0.1, 0.15) is 6.61 Å². The molecule has 3 rings (SSSR count). The molecule has 2 heterocycles. The van der Waals surface area contributed by atoms with Crippen molar-refractivity contribution in [3.05, 3.63) is 59.2 Å². The van der Waals surface area contributed by atoms with Crippen LogP contribution < -0.4 is 0 Å². The Morgan fingerprint density at radius 1 is 1.12 bits per heavy atom. The zero-order chi connectivity index (χ0) is 25.0. The first-order valence-electron chi connectivity index (χ1n) is 13.1. The molecule has 0 spiro atoms. The molecule has 3 nitrogen and oxygen atoms in total. The first-order valence-corrected chi connectivity index (χ1v) is 16.8. The van der Waals surface area contributed by atoms with Crippen molar-refractivity contribution in [1.82, 2.24) is 0 Å². The zero-order valence-corrected chi connectivity index (χ0v) is 23.6. The Bertz CT molecular complexity index is 889. The van der Waals surface area contributed by atoms with Crippen LogP contribution in [0.3, 0.4) is 0 Å². The molecule has 0 saturated carbocycles. The van der Waals surface area contributed by atoms with Gasteiger partial charge >= 0.3 is 5.97 Å². The molecule has 188 valence electrons. The molecule has 1 aromatic rings. The summed E-state index contributed by atoms with van der Waals surface area (Å²) in [7, 11) is -1.18. The van der Waals surface area contributed by atoms with E-state index >= 15 is 0 Å². The summed E-state index contributed by atoms with van der Waals surface area (Å²) in [6.07, 6.45) is 11.9. The molecule has 2 fully saturated rings. The van der Waals surface area contributed by atoms with Crippen molar-refractivity contribution in [2.24, 2.45) is 11.3 Å². The van der Waals surface area contributed by atoms with E-state index in [-0.39, 0.29) is 17.0 Å². The van der Waals surface area contributed by atoms with Crippen molar-refractivity contribution in [3.8, 4) is 0 Å². The number of benzene rings is 1. The van der Waals surface area contributed by atoms with E-state index < -0.39 is 8.07 Å². The minimum Gasteiger partial charge on any atom is -0.458 e. The number of allylic oxidation sites excluding steroid dienone is 3. The van der Waals surface area contributed by atoms with E-state index in [1.165, 1.54) is 37.3 Å². The Kier molecular flexibility index (Phi) is 8.68. The molecular formula is C30H46O3Si. The molecule has 4 heteroatoms. The standard InChI is InChI=1S/C30H46O3Si/c1-23(19-21-32-28(31)25-14-9-8-10-15-25)12-11-13-24(22-34(5,6)7)16-17-26-29(2,3)27-18-20-30(26,4)33-27/h8-10,13-15,19,26-27H,11-12,16-18,20-22H2,1-7H3/b23-19+,24-13+/t26?,27-,30-/m1/s1. The molecule has 0 aromatic heterocycles. The summed E-state index contributed by atoms with van der Waals surface area (Å²) in [6, 6.07) is 10.5. The van der Waals surface area contributed by atoms with Crippen LogP contribution >= 0.6 is 0 Å². The third-order valence-electron chi connectivity index (χ3n) is 7.92. The van der Waals surface area contributed by atoms with E-state index in [9.17, 15) is 4.79 Å². The lowest BCUT2D eigenvalue weighted by Crippen LogP contribution is -2.40. The van der Waals surface area contributed by atoms with E-state index in [2.05, 4.69) is 53.4 Å². The fourth-order valence-corrected chi connectivity index (χ4v) is 7.81. The van der Waals surface area contributed by atoms with Gasteiger partial charge in [0.25, 0.3) is 0 Å². The summed E-state index contributed by atoms with van der Waals surface area (Å²) in [5.74, 6) is 0.382. The van der Waals surface area contributed by atoms with E-state index in [1.807, 2.05) is 24.3 Å². The van der Waals surface area contributed by atoms with Gasteiger partial charge in [-0.05, 0) is 88.0 Å². The normalized spacial score (nSPS) is 26.7. The molecule has 34 heavy (non-hydrogen) atoms. The number of ether oxygens (including phenoxy) is 2. The summed E-state index contributed by atoms with van der Waals surface area (Å²) in [5.41, 5.74) is 3.89. The highest BCUT2D eigenvalue weighted by Gasteiger charge is 2.60. The predicted molar refractivity (Wildman–Crippen MR) is 145 cm³/mol. The first-order chi connectivity index (χ1) is 15.9. The van der Waals surface area contributed by atoms with Gasteiger partial charge in [0.15, 0.2) is 0 Å². The van der Waals surface area contributed by atoms with Crippen molar-refractivity contribution < 1.29 is 14.3 Å². The minimum absolute atomic E-state index is 0.0783. The van der Waals surface area contributed by atoms with Gasteiger partial charge in [-0.2, -0.15) is 0 Å². The lowest BCUT2D eigenvalue weighted by atomic mass is 9.62. The maximum absolute atomic E-state index is 12.1. The fraction of sp³-hybridized carbons (Fsp3) is 0.633. The van der Waals surface area contributed by atoms with Gasteiger partial charge in [0.2, 0.25) is 0 Å². The Hall–Kier alpha value is -1.65. The monoisotopic (exact) mass is 482 g/mol. The Balaban J connectivity index is 1.52. The highest BCUT2D eigenvalue weighted by molar-refractivity contribution is 6.76. The van der Waals surface area contributed by atoms with Crippen LogP contribution in [0, 0.1) is 11.3 Å². The van der Waals surface area contributed by atoms with Gasteiger partial charge in [-0.15, -0.1) is 0 Å². The van der Waals surface area contributed by atoms with E-state index in [4.69, 9.17) is 9.47 Å². The van der Waals surface area contributed by atoms with Gasteiger partial charge in [-0.1, -0.05) is 68.9 Å². The lowest BCUT2D eigenvalue weighted by molar-refractivity contribution is 0.00469. The summed E-state index contributed by atoms with van der Waals surface area (Å²) >= 11 is 0. The second kappa shape index (κ2) is 10.9. The number of hydrogen-bond donors (Lipinski definition) is 0. The smallest absolute Gasteiger partial charge is 0.338 e. The number of fused-ring (bicyclic) bond motifs is 2. The lowest BCUT2D eigenvalue weighted by Gasteiger charge is -2.39. The molecule has 0 aliphatic carbocycles. The van der Waals surface area contributed by atoms with Gasteiger partial charge in [-0.25, -0.2) is 4.79 Å². The summed E-state index contributed by atoms with van der Waals surface area (Å²) < 4.78 is 11.9. The van der Waals surface area contributed by atoms with Crippen LogP contribution in [0.4, 0.5) is 0 Å². The molecule has 2 aliphatic rings. The van der Waals surface area contributed by atoms with Crippen molar-refractivity contribution in [3.63, 3.8) is 0 Å². The highest BCUT2D eigenvalue weighted by atomic mass is 28.3. The molecule has 2 aliphatic heterocycles. The van der Waals surface area contributed by atoms with Crippen molar-refractivity contribution in [1.29, 1.82) is 0 Å². The van der Waals surface area contributed by atoms with Gasteiger partial charge < -0.3 is 9.47 Å². The van der Waals surface area contributed by atoms with Crippen LogP contribution in [0.25, 0.3) is 0 Å². The third kappa shape index (κ3) is 6.94. The topological polar surface area (TPSA) is 35.5 Å². The predicted octanol–water partition coefficient (Wildman–Crippen LogP) is 8.21. The van der Waals surface area contributed by atoms with Gasteiger partial charge in [0.05, 0.1) is 17.3 Å². The summed E-state index contributed by atoms with van der Waals surface area (Å²) in [4.78, 5) is 12.1. The molecule has 0 radical (unpaired) electrons. The molecule has 0 amide bonds. The number of carbonyl (C=O) groups is 1. The highest BCUT2D eigenvalue weighted by Crippen LogP contribution is 2.59. The van der Waals surface area contributed by atoms with Gasteiger partial charge in [-0.3, -0.25) is 0 Å². The molecular weight excluding hydrogens is 436 g/mol. The summed E-state index contributed by atoms with van der Waals surface area (Å²) in [5, 5.41) is 0. The van der Waals surface area contributed by atoms with E-state index in [1.54, 1.807) is 17.7 Å². The zero-order valence-electron chi connectivity index (χ0n) is 22.6. The number of rotatable bonds is 11. The van der Waals surface area contributed by atoms with Gasteiger partial charge in [0, 0.05) is 8.07 Å². The van der Waals surface area contributed by atoms with Crippen LogP contribution in [0.15, 0.2) is 53.6 Å². The average Bonchev–Trinajstić information content (AvgIpc) is 3.23. The van der Waals surface area contributed by atoms with Crippen LogP contribution in [0.1, 0.15) is 76.6 Å². The van der Waals surface area contributed by atoms with E-state index in [0.717, 1.165) is 12.8 Å². The molecule has 1 unspecified atom stereocenters. The number of carbonyl (C=O) groups excluding carboxylic acids is 1. The van der Waals surface area contributed by atoms with Crippen molar-refractivity contribution in [2.45, 2.75) is 104 Å². The van der Waals surface area contributed by atoms with Crippen LogP contribution in [0.5, 0.6) is 0 Å². The Labute approximate surface area is 209 Å². The first kappa shape index (κ1) is 26.9. The minimum atomic E-state index is -1.18. The summed E-state index contributed by atoms with van der Waals surface area (Å²) in [6.45, 7) is 17.1. The van der Waals surface area contributed by atoms with E-state index in [0.29, 0.717) is 24.2 Å². The number of esters is 1. The fourth-order valence-electron chi connectivity index (χ4n) is 6.13. The molecule has 2 bridgehead atoms. The molecule has 3 atom stereocenters. The largest absolute Gasteiger partial charge is 0.458 e. The number of hydrogen-bond acceptors (Lipinski definition) is 3. The Morgan fingerprint density at radius 3 is 2.44 bits per heavy atom. The Morgan fingerprint density at radius 2 is 1.82 bits per heavy atom. The molecule has 2 saturated heterocycles. The SMILES string of the molecule is C/C(=C\COC(=O)c1ccccc1)CC/C=C(\CCC1C(C)(C)[C@H]2CC[C@@]1(C)O2)C[Si](C)(C)C. The second-order valence-corrected chi connectivity index (χ2v) is 18.0. The van der Waals surface area contributed by atoms with Crippen molar-refractivity contribution in [2.75, 3.05) is 6.61 Å². The van der Waals surface area contributed by atoms with Crippen LogP contribution in [-0.2, 0) is 9.47 Å². The average molecular weight is 483 g/mol. The van der Waals surface area contributed by atoms with Crippen LogP contribution in [0.2, 0.25) is 25.7 Å². The maximum atomic E-state index is 12.1. The quantitative estimate of drug-likeness (QED) is 0.181. The third-order valence-corrected chi connectivity index (χ3v) is 9.43. The second-order valence-electron chi connectivity index (χ2n) is 12.5. The van der Waals surface area contributed by atoms with Crippen LogP contribution in [-0.4, -0.2) is 32.4 Å². The van der Waals surface area contributed by atoms with Crippen molar-refractivity contribution >= 4 is 14.0 Å². The molecule has 1 aromatic carbocycles. The maximum Gasteiger partial charge on any atom is 0.338 e. The molecule has 0 N–H and O–H groups in total.